The molecule has 0 aliphatic heterocycles. The van der Waals surface area contributed by atoms with Crippen LogP contribution in [0.5, 0.6) is 0 Å². The molecule has 0 amide bonds. The van der Waals surface area contributed by atoms with Gasteiger partial charge in [0.25, 0.3) is 0 Å². The van der Waals surface area contributed by atoms with Crippen LogP contribution in [-0.4, -0.2) is 28.0 Å². The summed E-state index contributed by atoms with van der Waals surface area (Å²) in [4.78, 5) is 12.9. The maximum atomic E-state index is 4.33. The number of hydrogen-bond donors (Lipinski definition) is 3. The second-order valence-electron chi connectivity index (χ2n) is 4.24. The highest BCUT2D eigenvalue weighted by molar-refractivity contribution is 7.99. The molecule has 2 aromatic rings. The third kappa shape index (κ3) is 5.11. The maximum absolute atomic E-state index is 4.33. The Morgan fingerprint density at radius 2 is 1.43 bits per heavy atom. The van der Waals surface area contributed by atoms with Crippen LogP contribution in [0, 0.1) is 0 Å². The molecule has 3 N–H and O–H groups in total. The molecule has 0 radical (unpaired) electrons. The zero-order chi connectivity index (χ0) is 14.9. The van der Waals surface area contributed by atoms with E-state index in [2.05, 4.69) is 42.4 Å². The zero-order valence-electron chi connectivity index (χ0n) is 12.3. The van der Waals surface area contributed by atoms with Gasteiger partial charge < -0.3 is 10.6 Å². The Morgan fingerprint density at radius 1 is 0.857 bits per heavy atom. The second-order valence-corrected chi connectivity index (χ2v) is 5.02. The number of hydrogen-bond acceptors (Lipinski definition) is 7. The van der Waals surface area contributed by atoms with Crippen LogP contribution in [0.1, 0.15) is 19.4 Å². The van der Waals surface area contributed by atoms with Gasteiger partial charge in [-0.05, 0) is 31.4 Å². The predicted octanol–water partition coefficient (Wildman–Crippen LogP) is 3.00. The van der Waals surface area contributed by atoms with Crippen LogP contribution in [-0.2, 0) is 5.75 Å². The molecule has 112 valence electrons. The van der Waals surface area contributed by atoms with Crippen LogP contribution in [0.2, 0.25) is 0 Å². The largest absolute Gasteiger partial charge is 0.354 e. The summed E-state index contributed by atoms with van der Waals surface area (Å²) in [6, 6.07) is 10.3. The number of benzene rings is 1. The lowest BCUT2D eigenvalue weighted by Crippen LogP contribution is -2.10. The summed E-state index contributed by atoms with van der Waals surface area (Å²) in [5, 5.41) is 6.21. The minimum absolute atomic E-state index is 0.554. The van der Waals surface area contributed by atoms with Crippen molar-refractivity contribution in [1.29, 1.82) is 0 Å². The van der Waals surface area contributed by atoms with Crippen molar-refractivity contribution in [2.24, 2.45) is 0 Å². The van der Waals surface area contributed by atoms with Gasteiger partial charge in [-0.25, -0.2) is 0 Å². The molecule has 0 aliphatic carbocycles. The molecule has 1 aromatic heterocycles. The van der Waals surface area contributed by atoms with Crippen LogP contribution in [0.3, 0.4) is 0 Å². The number of anilines is 3. The van der Waals surface area contributed by atoms with E-state index in [1.165, 1.54) is 5.56 Å². The fourth-order valence-electron chi connectivity index (χ4n) is 1.65. The Balaban J connectivity index is 1.97. The van der Waals surface area contributed by atoms with Crippen molar-refractivity contribution >= 4 is 29.8 Å². The Hall–Kier alpha value is -2.02. The van der Waals surface area contributed by atoms with Gasteiger partial charge in [0, 0.05) is 18.8 Å². The lowest BCUT2D eigenvalue weighted by Gasteiger charge is -2.09. The van der Waals surface area contributed by atoms with Crippen LogP contribution in [0.15, 0.2) is 30.3 Å². The Labute approximate surface area is 129 Å². The third-order valence-corrected chi connectivity index (χ3v) is 3.35. The van der Waals surface area contributed by atoms with E-state index in [1.807, 2.05) is 32.0 Å². The first-order valence-electron chi connectivity index (χ1n) is 6.97. The van der Waals surface area contributed by atoms with Crippen molar-refractivity contribution in [3.63, 3.8) is 0 Å². The van der Waals surface area contributed by atoms with Crippen molar-refractivity contribution in [3.8, 4) is 0 Å². The SMILES string of the molecule is CCNc1nc(NCC)nc(NSCc2ccccc2)n1. The smallest absolute Gasteiger partial charge is 0.239 e. The highest BCUT2D eigenvalue weighted by Gasteiger charge is 2.05. The molecule has 1 aromatic carbocycles. The average Bonchev–Trinajstić information content (AvgIpc) is 2.49. The average molecular weight is 304 g/mol. The molecule has 0 spiro atoms. The topological polar surface area (TPSA) is 74.8 Å². The van der Waals surface area contributed by atoms with E-state index in [1.54, 1.807) is 11.9 Å². The minimum atomic E-state index is 0.554. The monoisotopic (exact) mass is 304 g/mol. The summed E-state index contributed by atoms with van der Waals surface area (Å²) in [6.07, 6.45) is 0. The lowest BCUT2D eigenvalue weighted by atomic mass is 10.2. The van der Waals surface area contributed by atoms with E-state index in [-0.39, 0.29) is 0 Å². The standard InChI is InChI=1S/C14H20N6S/c1-3-15-12-17-13(16-4-2)19-14(18-12)20-21-10-11-8-6-5-7-9-11/h5-9H,3-4,10H2,1-2H3,(H3,15,16,17,18,19,20). The highest BCUT2D eigenvalue weighted by Crippen LogP contribution is 2.16. The van der Waals surface area contributed by atoms with Gasteiger partial charge in [0.1, 0.15) is 0 Å². The normalized spacial score (nSPS) is 10.2. The molecule has 0 atom stereocenters. The summed E-state index contributed by atoms with van der Waals surface area (Å²) >= 11 is 1.55. The van der Waals surface area contributed by atoms with Crippen molar-refractivity contribution in [2.75, 3.05) is 28.4 Å². The van der Waals surface area contributed by atoms with Crippen LogP contribution < -0.4 is 15.4 Å². The maximum Gasteiger partial charge on any atom is 0.239 e. The number of nitrogens with zero attached hydrogens (tertiary/aromatic N) is 3. The van der Waals surface area contributed by atoms with Gasteiger partial charge in [0.2, 0.25) is 17.8 Å². The third-order valence-electron chi connectivity index (χ3n) is 2.55. The molecule has 0 saturated carbocycles. The molecule has 6 nitrogen and oxygen atoms in total. The van der Waals surface area contributed by atoms with Gasteiger partial charge in [-0.3, -0.25) is 4.72 Å². The summed E-state index contributed by atoms with van der Waals surface area (Å²) in [5.41, 5.74) is 1.25. The van der Waals surface area contributed by atoms with Crippen LogP contribution in [0.4, 0.5) is 17.8 Å². The molecule has 7 heteroatoms. The van der Waals surface area contributed by atoms with Crippen LogP contribution >= 0.6 is 11.9 Å². The molecule has 0 saturated heterocycles. The van der Waals surface area contributed by atoms with E-state index in [0.29, 0.717) is 17.8 Å². The fourth-order valence-corrected chi connectivity index (χ4v) is 2.31. The van der Waals surface area contributed by atoms with Gasteiger partial charge in [-0.1, -0.05) is 30.3 Å². The molecule has 21 heavy (non-hydrogen) atoms. The number of rotatable bonds is 8. The van der Waals surface area contributed by atoms with Gasteiger partial charge >= 0.3 is 0 Å². The zero-order valence-corrected chi connectivity index (χ0v) is 13.1. The Kier molecular flexibility index (Phi) is 6.08. The first-order chi connectivity index (χ1) is 10.3. The lowest BCUT2D eigenvalue weighted by molar-refractivity contribution is 1.01. The summed E-state index contributed by atoms with van der Waals surface area (Å²) in [6.45, 7) is 5.56. The van der Waals surface area contributed by atoms with E-state index < -0.39 is 0 Å². The van der Waals surface area contributed by atoms with E-state index in [9.17, 15) is 0 Å². The van der Waals surface area contributed by atoms with Gasteiger partial charge in [-0.2, -0.15) is 15.0 Å². The Bertz CT molecular complexity index is 524. The van der Waals surface area contributed by atoms with Gasteiger partial charge in [0.05, 0.1) is 0 Å². The molecular formula is C14H20N6S. The molecular weight excluding hydrogens is 284 g/mol. The number of aromatic nitrogens is 3. The summed E-state index contributed by atoms with van der Waals surface area (Å²) < 4.78 is 3.17. The molecule has 0 aliphatic rings. The molecule has 0 unspecified atom stereocenters. The quantitative estimate of drug-likeness (QED) is 0.647. The Morgan fingerprint density at radius 3 is 2.00 bits per heavy atom. The van der Waals surface area contributed by atoms with Gasteiger partial charge in [-0.15, -0.1) is 0 Å². The van der Waals surface area contributed by atoms with E-state index in [4.69, 9.17) is 0 Å². The van der Waals surface area contributed by atoms with Crippen molar-refractivity contribution in [2.45, 2.75) is 19.6 Å². The molecule has 2 rings (SSSR count). The predicted molar refractivity (Wildman–Crippen MR) is 89.5 cm³/mol. The second kappa shape index (κ2) is 8.31. The first kappa shape index (κ1) is 15.4. The van der Waals surface area contributed by atoms with E-state index in [0.717, 1.165) is 18.8 Å². The minimum Gasteiger partial charge on any atom is -0.354 e. The number of nitrogens with one attached hydrogen (secondary N) is 3. The van der Waals surface area contributed by atoms with E-state index >= 15 is 0 Å². The molecule has 1 heterocycles. The van der Waals surface area contributed by atoms with Crippen molar-refractivity contribution < 1.29 is 0 Å². The summed E-state index contributed by atoms with van der Waals surface area (Å²) in [7, 11) is 0. The van der Waals surface area contributed by atoms with Crippen molar-refractivity contribution in [3.05, 3.63) is 35.9 Å². The fraction of sp³-hybridized carbons (Fsp3) is 0.357. The first-order valence-corrected chi connectivity index (χ1v) is 7.96. The van der Waals surface area contributed by atoms with Crippen LogP contribution in [0.25, 0.3) is 0 Å². The molecule has 0 fully saturated rings. The summed E-state index contributed by atoms with van der Waals surface area (Å²) in [5.74, 6) is 2.55. The van der Waals surface area contributed by atoms with Crippen molar-refractivity contribution in [1.82, 2.24) is 15.0 Å². The highest BCUT2D eigenvalue weighted by atomic mass is 32.2. The molecule has 0 bridgehead atoms. The van der Waals surface area contributed by atoms with Gasteiger partial charge in [0.15, 0.2) is 0 Å².